The van der Waals surface area contributed by atoms with Crippen LogP contribution < -0.4 is 5.32 Å². The molecule has 0 fully saturated rings. The lowest BCUT2D eigenvalue weighted by atomic mass is 10.1. The standard InChI is InChI=1S/C19H17N7OS/c27-18(16-5-2-14(3-6-16)12-28-19-22-13-23-25-19)21-11-15-4-7-17(20-10-15)26-9-1-8-24-26/h1-10,13H,11-12H2,(H,21,27)(H,22,23,25). The Balaban J connectivity index is 1.29. The third-order valence-electron chi connectivity index (χ3n) is 3.99. The highest BCUT2D eigenvalue weighted by Crippen LogP contribution is 2.18. The lowest BCUT2D eigenvalue weighted by Crippen LogP contribution is -2.22. The molecule has 0 aliphatic carbocycles. The number of amides is 1. The van der Waals surface area contributed by atoms with Gasteiger partial charge in [-0.15, -0.1) is 0 Å². The van der Waals surface area contributed by atoms with E-state index in [1.807, 2.05) is 48.7 Å². The third-order valence-corrected chi connectivity index (χ3v) is 4.93. The van der Waals surface area contributed by atoms with Crippen LogP contribution >= 0.6 is 11.8 Å². The van der Waals surface area contributed by atoms with Gasteiger partial charge in [0.25, 0.3) is 5.91 Å². The van der Waals surface area contributed by atoms with Crippen molar-refractivity contribution in [2.75, 3.05) is 0 Å². The maximum absolute atomic E-state index is 12.4. The first-order valence-electron chi connectivity index (χ1n) is 8.58. The molecule has 0 radical (unpaired) electrons. The monoisotopic (exact) mass is 391 g/mol. The maximum atomic E-state index is 12.4. The number of H-pyrrole nitrogens is 1. The SMILES string of the molecule is O=C(NCc1ccc(-n2cccn2)nc1)c1ccc(CSc2ncn[nH]2)cc1. The molecule has 0 aliphatic rings. The van der Waals surface area contributed by atoms with Crippen LogP contribution in [0.1, 0.15) is 21.5 Å². The van der Waals surface area contributed by atoms with Crippen LogP contribution in [0.3, 0.4) is 0 Å². The molecule has 2 N–H and O–H groups in total. The van der Waals surface area contributed by atoms with Crippen molar-refractivity contribution in [3.8, 4) is 5.82 Å². The first-order chi connectivity index (χ1) is 13.8. The van der Waals surface area contributed by atoms with Crippen molar-refractivity contribution in [2.45, 2.75) is 17.5 Å². The fourth-order valence-electron chi connectivity index (χ4n) is 2.51. The number of benzene rings is 1. The second-order valence-corrected chi connectivity index (χ2v) is 6.90. The lowest BCUT2D eigenvalue weighted by molar-refractivity contribution is 0.0951. The van der Waals surface area contributed by atoms with Crippen molar-refractivity contribution in [3.05, 3.63) is 84.1 Å². The van der Waals surface area contributed by atoms with Crippen molar-refractivity contribution in [2.24, 2.45) is 0 Å². The van der Waals surface area contributed by atoms with Crippen LogP contribution in [-0.2, 0) is 12.3 Å². The topological polar surface area (TPSA) is 101 Å². The van der Waals surface area contributed by atoms with E-state index in [0.717, 1.165) is 27.9 Å². The number of nitrogens with one attached hydrogen (secondary N) is 2. The molecule has 1 amide bonds. The van der Waals surface area contributed by atoms with E-state index in [4.69, 9.17) is 0 Å². The molecular formula is C19H17N7OS. The number of nitrogens with zero attached hydrogens (tertiary/aromatic N) is 5. The zero-order chi connectivity index (χ0) is 19.2. The summed E-state index contributed by atoms with van der Waals surface area (Å²) in [7, 11) is 0. The Labute approximate surface area is 165 Å². The van der Waals surface area contributed by atoms with Gasteiger partial charge in [-0.1, -0.05) is 30.0 Å². The lowest BCUT2D eigenvalue weighted by Gasteiger charge is -2.07. The molecule has 140 valence electrons. The van der Waals surface area contributed by atoms with E-state index in [-0.39, 0.29) is 5.91 Å². The minimum Gasteiger partial charge on any atom is -0.348 e. The first-order valence-corrected chi connectivity index (χ1v) is 9.57. The second-order valence-electron chi connectivity index (χ2n) is 5.93. The highest BCUT2D eigenvalue weighted by molar-refractivity contribution is 7.98. The van der Waals surface area contributed by atoms with Crippen LogP contribution in [0.4, 0.5) is 0 Å². The summed E-state index contributed by atoms with van der Waals surface area (Å²) in [5, 5.41) is 14.4. The maximum Gasteiger partial charge on any atom is 0.251 e. The molecule has 3 heterocycles. The molecule has 0 atom stereocenters. The summed E-state index contributed by atoms with van der Waals surface area (Å²) in [5.74, 6) is 1.37. The Morgan fingerprint density at radius 3 is 2.64 bits per heavy atom. The van der Waals surface area contributed by atoms with Gasteiger partial charge in [0.05, 0.1) is 0 Å². The van der Waals surface area contributed by atoms with E-state index >= 15 is 0 Å². The van der Waals surface area contributed by atoms with Gasteiger partial charge in [-0.25, -0.2) is 14.6 Å². The number of rotatable bonds is 7. The van der Waals surface area contributed by atoms with Crippen LogP contribution in [-0.4, -0.2) is 35.9 Å². The number of pyridine rings is 1. The average Bonchev–Trinajstić information content (AvgIpc) is 3.45. The fourth-order valence-corrected chi connectivity index (χ4v) is 3.25. The molecule has 9 heteroatoms. The van der Waals surface area contributed by atoms with Crippen LogP contribution in [0, 0.1) is 0 Å². The van der Waals surface area contributed by atoms with E-state index in [2.05, 4.69) is 30.6 Å². The van der Waals surface area contributed by atoms with Gasteiger partial charge in [-0.2, -0.15) is 10.2 Å². The summed E-state index contributed by atoms with van der Waals surface area (Å²) < 4.78 is 1.69. The van der Waals surface area contributed by atoms with Crippen LogP contribution in [0.5, 0.6) is 0 Å². The molecule has 0 bridgehead atoms. The third kappa shape index (κ3) is 4.44. The highest BCUT2D eigenvalue weighted by Gasteiger charge is 2.07. The van der Waals surface area contributed by atoms with Gasteiger partial charge in [0.1, 0.15) is 6.33 Å². The number of carbonyl (C=O) groups excluding carboxylic acids is 1. The molecule has 8 nitrogen and oxygen atoms in total. The number of aromatic amines is 1. The predicted molar refractivity (Wildman–Crippen MR) is 105 cm³/mol. The molecule has 0 aliphatic heterocycles. The van der Waals surface area contributed by atoms with Gasteiger partial charge in [0.2, 0.25) is 0 Å². The highest BCUT2D eigenvalue weighted by atomic mass is 32.2. The predicted octanol–water partition coefficient (Wildman–Crippen LogP) is 2.61. The van der Waals surface area contributed by atoms with Crippen molar-refractivity contribution < 1.29 is 4.79 Å². The van der Waals surface area contributed by atoms with Gasteiger partial charge in [0, 0.05) is 36.5 Å². The molecule has 0 spiro atoms. The number of carbonyl (C=O) groups is 1. The fraction of sp³-hybridized carbons (Fsp3) is 0.105. The minimum absolute atomic E-state index is 0.120. The van der Waals surface area contributed by atoms with Crippen molar-refractivity contribution in [1.29, 1.82) is 0 Å². The zero-order valence-corrected chi connectivity index (χ0v) is 15.6. The molecule has 1 aromatic carbocycles. The Morgan fingerprint density at radius 1 is 1.11 bits per heavy atom. The Morgan fingerprint density at radius 2 is 1.96 bits per heavy atom. The van der Waals surface area contributed by atoms with Gasteiger partial charge in [-0.3, -0.25) is 9.89 Å². The first kappa shape index (κ1) is 17.9. The zero-order valence-electron chi connectivity index (χ0n) is 14.8. The molecule has 28 heavy (non-hydrogen) atoms. The van der Waals surface area contributed by atoms with Gasteiger partial charge in [0.15, 0.2) is 11.0 Å². The number of hydrogen-bond acceptors (Lipinski definition) is 6. The summed E-state index contributed by atoms with van der Waals surface area (Å²) in [5.41, 5.74) is 2.65. The van der Waals surface area contributed by atoms with Crippen LogP contribution in [0.25, 0.3) is 5.82 Å². The second kappa shape index (κ2) is 8.49. The Bertz CT molecular complexity index is 1010. The van der Waals surface area contributed by atoms with Gasteiger partial charge < -0.3 is 5.32 Å². The van der Waals surface area contributed by atoms with E-state index in [1.165, 1.54) is 6.33 Å². The van der Waals surface area contributed by atoms with E-state index in [0.29, 0.717) is 12.1 Å². The molecule has 0 saturated carbocycles. The van der Waals surface area contributed by atoms with Crippen LogP contribution in [0.15, 0.2) is 72.5 Å². The molecular weight excluding hydrogens is 374 g/mol. The summed E-state index contributed by atoms with van der Waals surface area (Å²) >= 11 is 1.56. The van der Waals surface area contributed by atoms with Gasteiger partial charge >= 0.3 is 0 Å². The molecule has 4 rings (SSSR count). The Kier molecular flexibility index (Phi) is 5.43. The number of aromatic nitrogens is 6. The minimum atomic E-state index is -0.120. The van der Waals surface area contributed by atoms with Crippen molar-refractivity contribution >= 4 is 17.7 Å². The van der Waals surface area contributed by atoms with E-state index < -0.39 is 0 Å². The average molecular weight is 391 g/mol. The Hall–Kier alpha value is -3.46. The summed E-state index contributed by atoms with van der Waals surface area (Å²) in [6, 6.07) is 13.2. The summed E-state index contributed by atoms with van der Waals surface area (Å²) in [6.07, 6.45) is 6.75. The molecule has 0 saturated heterocycles. The molecule has 0 unspecified atom stereocenters. The summed E-state index contributed by atoms with van der Waals surface area (Å²) in [4.78, 5) is 20.8. The number of thioether (sulfide) groups is 1. The quantitative estimate of drug-likeness (QED) is 0.470. The van der Waals surface area contributed by atoms with E-state index in [1.54, 1.807) is 28.8 Å². The van der Waals surface area contributed by atoms with Crippen molar-refractivity contribution in [1.82, 2.24) is 35.3 Å². The smallest absolute Gasteiger partial charge is 0.251 e. The molecule has 4 aromatic rings. The summed E-state index contributed by atoms with van der Waals surface area (Å²) in [6.45, 7) is 0.411. The normalized spacial score (nSPS) is 10.7. The van der Waals surface area contributed by atoms with Gasteiger partial charge in [-0.05, 0) is 35.4 Å². The van der Waals surface area contributed by atoms with E-state index in [9.17, 15) is 4.79 Å². The number of hydrogen-bond donors (Lipinski definition) is 2. The van der Waals surface area contributed by atoms with Crippen LogP contribution in [0.2, 0.25) is 0 Å². The largest absolute Gasteiger partial charge is 0.348 e. The van der Waals surface area contributed by atoms with Crippen molar-refractivity contribution in [3.63, 3.8) is 0 Å². The molecule has 3 aromatic heterocycles.